The minimum atomic E-state index is -0.567. The van der Waals surface area contributed by atoms with E-state index in [0.29, 0.717) is 24.2 Å². The van der Waals surface area contributed by atoms with Crippen LogP contribution in [0, 0.1) is 5.82 Å². The van der Waals surface area contributed by atoms with E-state index in [-0.39, 0.29) is 5.82 Å². The number of amides is 1. The van der Waals surface area contributed by atoms with Crippen molar-refractivity contribution in [3.8, 4) is 0 Å². The minimum absolute atomic E-state index is 0.297. The predicted molar refractivity (Wildman–Crippen MR) is 64.2 cm³/mol. The fourth-order valence-electron chi connectivity index (χ4n) is 1.60. The second-order valence-electron chi connectivity index (χ2n) is 3.85. The summed E-state index contributed by atoms with van der Waals surface area (Å²) in [5.41, 5.74) is 5.84. The Morgan fingerprint density at radius 3 is 2.83 bits per heavy atom. The van der Waals surface area contributed by atoms with Gasteiger partial charge in [0.2, 0.25) is 5.91 Å². The number of furan rings is 1. The zero-order valence-corrected chi connectivity index (χ0v) is 9.65. The third-order valence-corrected chi connectivity index (χ3v) is 2.53. The zero-order valence-electron chi connectivity index (χ0n) is 9.65. The lowest BCUT2D eigenvalue weighted by atomic mass is 10.1. The van der Waals surface area contributed by atoms with Crippen LogP contribution in [0.4, 0.5) is 4.39 Å². The van der Waals surface area contributed by atoms with E-state index < -0.39 is 5.91 Å². The van der Waals surface area contributed by atoms with Crippen molar-refractivity contribution in [2.24, 2.45) is 5.73 Å². The van der Waals surface area contributed by atoms with Crippen LogP contribution in [-0.4, -0.2) is 5.91 Å². The number of benzene rings is 1. The first-order valence-corrected chi connectivity index (χ1v) is 5.48. The second-order valence-corrected chi connectivity index (χ2v) is 3.85. The summed E-state index contributed by atoms with van der Waals surface area (Å²) < 4.78 is 18.6. The molecule has 0 aliphatic carbocycles. The van der Waals surface area contributed by atoms with E-state index >= 15 is 0 Å². The topological polar surface area (TPSA) is 68.3 Å². The van der Waals surface area contributed by atoms with Crippen LogP contribution in [-0.2, 0) is 13.1 Å². The Labute approximate surface area is 104 Å². The summed E-state index contributed by atoms with van der Waals surface area (Å²) in [6.07, 6.45) is 1.57. The highest BCUT2D eigenvalue weighted by Crippen LogP contribution is 2.10. The van der Waals surface area contributed by atoms with Crippen LogP contribution in [0.1, 0.15) is 21.7 Å². The summed E-state index contributed by atoms with van der Waals surface area (Å²) >= 11 is 0. The maximum absolute atomic E-state index is 13.5. The quantitative estimate of drug-likeness (QED) is 0.847. The van der Waals surface area contributed by atoms with Gasteiger partial charge in [0.05, 0.1) is 12.8 Å². The molecule has 94 valence electrons. The van der Waals surface area contributed by atoms with Gasteiger partial charge in [0.25, 0.3) is 0 Å². The van der Waals surface area contributed by atoms with Gasteiger partial charge < -0.3 is 15.5 Å². The summed E-state index contributed by atoms with van der Waals surface area (Å²) in [4.78, 5) is 11.0. The van der Waals surface area contributed by atoms with Crippen LogP contribution in [0.2, 0.25) is 0 Å². The van der Waals surface area contributed by atoms with Gasteiger partial charge in [-0.15, -0.1) is 0 Å². The molecule has 2 aromatic rings. The van der Waals surface area contributed by atoms with Gasteiger partial charge in [0.15, 0.2) is 0 Å². The molecule has 1 amide bonds. The van der Waals surface area contributed by atoms with Crippen LogP contribution < -0.4 is 11.1 Å². The van der Waals surface area contributed by atoms with Gasteiger partial charge in [0.1, 0.15) is 11.6 Å². The first kappa shape index (κ1) is 12.3. The zero-order chi connectivity index (χ0) is 13.0. The van der Waals surface area contributed by atoms with E-state index in [2.05, 4.69) is 5.32 Å². The number of carbonyl (C=O) groups is 1. The number of rotatable bonds is 5. The third-order valence-electron chi connectivity index (χ3n) is 2.53. The van der Waals surface area contributed by atoms with Gasteiger partial charge in [-0.25, -0.2) is 4.39 Å². The van der Waals surface area contributed by atoms with E-state index in [1.165, 1.54) is 18.2 Å². The Kier molecular flexibility index (Phi) is 3.74. The molecule has 4 nitrogen and oxygen atoms in total. The maximum atomic E-state index is 13.5. The number of nitrogens with two attached hydrogens (primary N) is 1. The summed E-state index contributed by atoms with van der Waals surface area (Å²) in [6, 6.07) is 7.67. The van der Waals surface area contributed by atoms with Gasteiger partial charge >= 0.3 is 0 Å². The number of primary amides is 1. The lowest BCUT2D eigenvalue weighted by Crippen LogP contribution is -2.16. The Balaban J connectivity index is 2.00. The van der Waals surface area contributed by atoms with Gasteiger partial charge in [-0.05, 0) is 30.3 Å². The van der Waals surface area contributed by atoms with Crippen molar-refractivity contribution in [2.75, 3.05) is 0 Å². The van der Waals surface area contributed by atoms with Crippen LogP contribution in [0.15, 0.2) is 41.0 Å². The maximum Gasteiger partial charge on any atom is 0.248 e. The molecule has 0 aliphatic heterocycles. The van der Waals surface area contributed by atoms with Crippen molar-refractivity contribution >= 4 is 5.91 Å². The molecule has 1 aromatic carbocycles. The molecule has 0 aliphatic rings. The predicted octanol–water partition coefficient (Wildman–Crippen LogP) is 1.81. The first-order chi connectivity index (χ1) is 8.66. The van der Waals surface area contributed by atoms with Gasteiger partial charge in [0, 0.05) is 17.7 Å². The molecule has 0 radical (unpaired) electrons. The normalized spacial score (nSPS) is 10.5. The van der Waals surface area contributed by atoms with Crippen molar-refractivity contribution in [1.82, 2.24) is 5.32 Å². The van der Waals surface area contributed by atoms with Crippen LogP contribution >= 0.6 is 0 Å². The number of carbonyl (C=O) groups excluding carboxylic acids is 1. The Morgan fingerprint density at radius 1 is 1.33 bits per heavy atom. The Bertz CT molecular complexity index is 538. The van der Waals surface area contributed by atoms with E-state index in [4.69, 9.17) is 10.2 Å². The third kappa shape index (κ3) is 2.95. The fraction of sp³-hybridized carbons (Fsp3) is 0.154. The number of hydrogen-bond acceptors (Lipinski definition) is 3. The molecule has 0 saturated heterocycles. The molecule has 0 atom stereocenters. The fourth-order valence-corrected chi connectivity index (χ4v) is 1.60. The molecule has 0 fully saturated rings. The molecular weight excluding hydrogens is 235 g/mol. The standard InChI is InChI=1S/C13H13FN2O2/c14-12-4-3-9(13(15)17)6-10(12)7-16-8-11-2-1-5-18-11/h1-6,16H,7-8H2,(H2,15,17). The second kappa shape index (κ2) is 5.46. The van der Waals surface area contributed by atoms with E-state index in [1.807, 2.05) is 6.07 Å². The largest absolute Gasteiger partial charge is 0.468 e. The van der Waals surface area contributed by atoms with Gasteiger partial charge in [-0.3, -0.25) is 4.79 Å². The van der Waals surface area contributed by atoms with Gasteiger partial charge in [-0.2, -0.15) is 0 Å². The molecule has 5 heteroatoms. The average molecular weight is 248 g/mol. The highest BCUT2D eigenvalue weighted by Gasteiger charge is 2.07. The summed E-state index contributed by atoms with van der Waals surface area (Å²) in [5.74, 6) is -0.171. The highest BCUT2D eigenvalue weighted by atomic mass is 19.1. The summed E-state index contributed by atoms with van der Waals surface area (Å²) in [6.45, 7) is 0.793. The summed E-state index contributed by atoms with van der Waals surface area (Å²) in [5, 5.41) is 3.03. The SMILES string of the molecule is NC(=O)c1ccc(F)c(CNCc2ccco2)c1. The summed E-state index contributed by atoms with van der Waals surface area (Å²) in [7, 11) is 0. The number of hydrogen-bond donors (Lipinski definition) is 2. The molecule has 1 aromatic heterocycles. The van der Waals surface area contributed by atoms with E-state index in [1.54, 1.807) is 12.3 Å². The molecule has 0 bridgehead atoms. The number of halogens is 1. The van der Waals surface area contributed by atoms with Crippen molar-refractivity contribution in [2.45, 2.75) is 13.1 Å². The average Bonchev–Trinajstić information content (AvgIpc) is 2.84. The molecule has 18 heavy (non-hydrogen) atoms. The molecule has 0 spiro atoms. The molecule has 0 unspecified atom stereocenters. The van der Waals surface area contributed by atoms with Gasteiger partial charge in [-0.1, -0.05) is 0 Å². The molecular formula is C13H13FN2O2. The smallest absolute Gasteiger partial charge is 0.248 e. The monoisotopic (exact) mass is 248 g/mol. The lowest BCUT2D eigenvalue weighted by molar-refractivity contribution is 0.1000. The molecule has 3 N–H and O–H groups in total. The number of nitrogens with one attached hydrogen (secondary N) is 1. The van der Waals surface area contributed by atoms with Crippen LogP contribution in [0.5, 0.6) is 0 Å². The molecule has 1 heterocycles. The van der Waals surface area contributed by atoms with Crippen LogP contribution in [0.3, 0.4) is 0 Å². The molecule has 2 rings (SSSR count). The van der Waals surface area contributed by atoms with Crippen molar-refractivity contribution in [3.63, 3.8) is 0 Å². The van der Waals surface area contributed by atoms with Crippen molar-refractivity contribution < 1.29 is 13.6 Å². The minimum Gasteiger partial charge on any atom is -0.468 e. The Hall–Kier alpha value is -2.14. The van der Waals surface area contributed by atoms with Crippen molar-refractivity contribution in [3.05, 3.63) is 59.3 Å². The molecule has 0 saturated carbocycles. The first-order valence-electron chi connectivity index (χ1n) is 5.48. The van der Waals surface area contributed by atoms with Crippen molar-refractivity contribution in [1.29, 1.82) is 0 Å². The highest BCUT2D eigenvalue weighted by molar-refractivity contribution is 5.92. The van der Waals surface area contributed by atoms with E-state index in [9.17, 15) is 9.18 Å². The van der Waals surface area contributed by atoms with Crippen LogP contribution in [0.25, 0.3) is 0 Å². The Morgan fingerprint density at radius 2 is 2.17 bits per heavy atom. The van der Waals surface area contributed by atoms with E-state index in [0.717, 1.165) is 5.76 Å². The lowest BCUT2D eigenvalue weighted by Gasteiger charge is -2.06.